The summed E-state index contributed by atoms with van der Waals surface area (Å²) in [5.74, 6) is 0. The highest BCUT2D eigenvalue weighted by Crippen LogP contribution is 2.14. The van der Waals surface area contributed by atoms with Gasteiger partial charge in [-0.05, 0) is 69.4 Å². The molecule has 1 heterocycles. The Morgan fingerprint density at radius 3 is 2.17 bits per heavy atom. The van der Waals surface area contributed by atoms with Crippen molar-refractivity contribution in [3.05, 3.63) is 29.8 Å². The molecule has 1 aromatic carbocycles. The van der Waals surface area contributed by atoms with Crippen LogP contribution in [0.4, 0.5) is 5.69 Å². The van der Waals surface area contributed by atoms with E-state index in [0.717, 1.165) is 6.42 Å². The molecule has 2 rings (SSSR count). The van der Waals surface area contributed by atoms with Crippen molar-refractivity contribution in [2.24, 2.45) is 5.14 Å². The highest BCUT2D eigenvalue weighted by molar-refractivity contribution is 7.90. The Kier molecular flexibility index (Phi) is 8.58. The Bertz CT molecular complexity index is 535. The summed E-state index contributed by atoms with van der Waals surface area (Å²) in [5.41, 5.74) is 1.74. The lowest BCUT2D eigenvalue weighted by atomic mass is 10.1. The van der Waals surface area contributed by atoms with Crippen LogP contribution in [0.15, 0.2) is 24.3 Å². The molecule has 1 fully saturated rings. The lowest BCUT2D eigenvalue weighted by Crippen LogP contribution is -2.25. The van der Waals surface area contributed by atoms with Crippen LogP contribution < -0.4 is 9.86 Å². The van der Waals surface area contributed by atoms with E-state index in [1.807, 2.05) is 12.1 Å². The van der Waals surface area contributed by atoms with E-state index in [0.29, 0.717) is 5.69 Å². The fourth-order valence-electron chi connectivity index (χ4n) is 2.93. The van der Waals surface area contributed by atoms with E-state index >= 15 is 0 Å². The highest BCUT2D eigenvalue weighted by atomic mass is 32.2. The molecule has 1 aliphatic heterocycles. The molecule has 0 atom stereocenters. The third-order valence-corrected chi connectivity index (χ3v) is 4.62. The fourth-order valence-corrected chi connectivity index (χ4v) is 3.39. The van der Waals surface area contributed by atoms with Gasteiger partial charge >= 0.3 is 0 Å². The van der Waals surface area contributed by atoms with Gasteiger partial charge in [-0.15, -0.1) is 0 Å². The summed E-state index contributed by atoms with van der Waals surface area (Å²) in [6.45, 7) is 3.72. The molecule has 3 N–H and O–H groups in total. The average molecular weight is 342 g/mol. The predicted molar refractivity (Wildman–Crippen MR) is 97.7 cm³/mol. The van der Waals surface area contributed by atoms with Gasteiger partial charge < -0.3 is 4.90 Å². The molecule has 0 amide bonds. The van der Waals surface area contributed by atoms with E-state index in [9.17, 15) is 8.42 Å². The van der Waals surface area contributed by atoms with Gasteiger partial charge in [-0.25, -0.2) is 5.14 Å². The Morgan fingerprint density at radius 2 is 1.61 bits per heavy atom. The third-order valence-electron chi connectivity index (χ3n) is 4.10. The maximum absolute atomic E-state index is 10.9. The number of aryl methyl sites for hydroxylation is 1. The topological polar surface area (TPSA) is 75.4 Å². The number of unbranched alkanes of at least 4 members (excludes halogenated alkanes) is 1. The van der Waals surface area contributed by atoms with Gasteiger partial charge in [0.05, 0.1) is 0 Å². The molecule has 0 radical (unpaired) electrons. The van der Waals surface area contributed by atoms with Crippen molar-refractivity contribution in [1.82, 2.24) is 4.90 Å². The summed E-state index contributed by atoms with van der Waals surface area (Å²) < 4.78 is 24.1. The normalized spacial score (nSPS) is 16.4. The van der Waals surface area contributed by atoms with Crippen molar-refractivity contribution in [3.63, 3.8) is 0 Å². The van der Waals surface area contributed by atoms with E-state index in [-0.39, 0.29) is 7.43 Å². The van der Waals surface area contributed by atoms with Crippen LogP contribution >= 0.6 is 0 Å². The van der Waals surface area contributed by atoms with Gasteiger partial charge in [0.25, 0.3) is 10.2 Å². The van der Waals surface area contributed by atoms with Crippen LogP contribution in [0.2, 0.25) is 0 Å². The van der Waals surface area contributed by atoms with Gasteiger partial charge in [0.1, 0.15) is 0 Å². The SMILES string of the molecule is C.NS(=O)(=O)Nc1ccc(CCCCN2CCCCCC2)cc1. The standard InChI is InChI=1S/C16H27N3O2S.CH4/c17-22(20,21)18-16-10-8-15(9-11-16)7-3-6-14-19-12-4-1-2-5-13-19;/h8-11,18H,1-7,12-14H2,(H2,17,20,21);1H4. The smallest absolute Gasteiger partial charge is 0.296 e. The lowest BCUT2D eigenvalue weighted by molar-refractivity contribution is 0.279. The number of hydrogen-bond acceptors (Lipinski definition) is 3. The van der Waals surface area contributed by atoms with Crippen molar-refractivity contribution >= 4 is 15.9 Å². The van der Waals surface area contributed by atoms with E-state index < -0.39 is 10.2 Å². The molecular formula is C17H31N3O2S. The molecule has 0 aliphatic carbocycles. The zero-order valence-electron chi connectivity index (χ0n) is 13.1. The molecular weight excluding hydrogens is 310 g/mol. The molecule has 23 heavy (non-hydrogen) atoms. The molecule has 5 nitrogen and oxygen atoms in total. The first-order chi connectivity index (χ1) is 10.5. The van der Waals surface area contributed by atoms with E-state index in [2.05, 4.69) is 9.62 Å². The predicted octanol–water partition coefficient (Wildman–Crippen LogP) is 3.14. The number of nitrogens with one attached hydrogen (secondary N) is 1. The Balaban J connectivity index is 0.00000264. The fraction of sp³-hybridized carbons (Fsp3) is 0.647. The van der Waals surface area contributed by atoms with Crippen LogP contribution in [0, 0.1) is 0 Å². The minimum absolute atomic E-state index is 0. The van der Waals surface area contributed by atoms with Crippen LogP contribution in [0.5, 0.6) is 0 Å². The minimum Gasteiger partial charge on any atom is -0.303 e. The molecule has 0 aromatic heterocycles. The van der Waals surface area contributed by atoms with E-state index in [4.69, 9.17) is 5.14 Å². The Morgan fingerprint density at radius 1 is 1.00 bits per heavy atom. The number of anilines is 1. The summed E-state index contributed by atoms with van der Waals surface area (Å²) >= 11 is 0. The van der Waals surface area contributed by atoms with Crippen LogP contribution in [0.3, 0.4) is 0 Å². The number of nitrogens with zero attached hydrogens (tertiary/aromatic N) is 1. The van der Waals surface area contributed by atoms with Crippen molar-refractivity contribution < 1.29 is 8.42 Å². The largest absolute Gasteiger partial charge is 0.303 e. The van der Waals surface area contributed by atoms with Gasteiger partial charge in [0, 0.05) is 5.69 Å². The highest BCUT2D eigenvalue weighted by Gasteiger charge is 2.08. The molecule has 1 saturated heterocycles. The summed E-state index contributed by atoms with van der Waals surface area (Å²) in [5, 5.41) is 4.94. The summed E-state index contributed by atoms with van der Waals surface area (Å²) in [4.78, 5) is 2.59. The molecule has 0 saturated carbocycles. The van der Waals surface area contributed by atoms with Crippen LogP contribution in [0.25, 0.3) is 0 Å². The molecule has 0 spiro atoms. The Labute approximate surface area is 141 Å². The maximum atomic E-state index is 10.9. The lowest BCUT2D eigenvalue weighted by Gasteiger charge is -2.19. The monoisotopic (exact) mass is 341 g/mol. The van der Waals surface area contributed by atoms with Gasteiger partial charge in [0.15, 0.2) is 0 Å². The van der Waals surface area contributed by atoms with Gasteiger partial charge in [-0.2, -0.15) is 8.42 Å². The van der Waals surface area contributed by atoms with E-state index in [1.54, 1.807) is 12.1 Å². The molecule has 1 aliphatic rings. The van der Waals surface area contributed by atoms with Crippen molar-refractivity contribution in [2.45, 2.75) is 52.4 Å². The van der Waals surface area contributed by atoms with Crippen LogP contribution in [0.1, 0.15) is 51.5 Å². The number of benzene rings is 1. The van der Waals surface area contributed by atoms with Crippen LogP contribution in [-0.2, 0) is 16.6 Å². The zero-order valence-corrected chi connectivity index (χ0v) is 13.9. The maximum Gasteiger partial charge on any atom is 0.296 e. The average Bonchev–Trinajstić information content (AvgIpc) is 2.72. The summed E-state index contributed by atoms with van der Waals surface area (Å²) in [6, 6.07) is 7.43. The zero-order chi connectivity index (χ0) is 15.8. The first-order valence-corrected chi connectivity index (χ1v) is 9.69. The first-order valence-electron chi connectivity index (χ1n) is 8.15. The molecule has 0 bridgehead atoms. The number of likely N-dealkylation sites (tertiary alicyclic amines) is 1. The third kappa shape index (κ3) is 8.34. The van der Waals surface area contributed by atoms with Crippen molar-refractivity contribution in [3.8, 4) is 0 Å². The van der Waals surface area contributed by atoms with Gasteiger partial charge in [0.2, 0.25) is 0 Å². The van der Waals surface area contributed by atoms with Crippen LogP contribution in [-0.4, -0.2) is 33.0 Å². The second-order valence-corrected chi connectivity index (χ2v) is 7.35. The molecule has 1 aromatic rings. The second kappa shape index (κ2) is 9.90. The number of rotatable bonds is 7. The van der Waals surface area contributed by atoms with Gasteiger partial charge in [-0.1, -0.05) is 32.4 Å². The first kappa shape index (κ1) is 19.9. The Hall–Kier alpha value is -1.11. The van der Waals surface area contributed by atoms with Crippen molar-refractivity contribution in [2.75, 3.05) is 24.4 Å². The molecule has 6 heteroatoms. The van der Waals surface area contributed by atoms with Gasteiger partial charge in [-0.3, -0.25) is 4.72 Å². The summed E-state index contributed by atoms with van der Waals surface area (Å²) in [6.07, 6.45) is 8.88. The quantitative estimate of drug-likeness (QED) is 0.748. The second-order valence-electron chi connectivity index (χ2n) is 6.06. The number of nitrogens with two attached hydrogens (primary N) is 1. The molecule has 0 unspecified atom stereocenters. The molecule has 132 valence electrons. The summed E-state index contributed by atoms with van der Waals surface area (Å²) in [7, 11) is -3.68. The van der Waals surface area contributed by atoms with Crippen molar-refractivity contribution in [1.29, 1.82) is 0 Å². The number of hydrogen-bond donors (Lipinski definition) is 2. The minimum atomic E-state index is -3.68. The van der Waals surface area contributed by atoms with E-state index in [1.165, 1.54) is 63.7 Å².